The van der Waals surface area contributed by atoms with Crippen LogP contribution >= 0.6 is 0 Å². The lowest BCUT2D eigenvalue weighted by Gasteiger charge is -2.39. The Morgan fingerprint density at radius 3 is 2.32 bits per heavy atom. The van der Waals surface area contributed by atoms with Crippen molar-refractivity contribution >= 4 is 18.0 Å². The van der Waals surface area contributed by atoms with Gasteiger partial charge in [-0.15, -0.1) is 5.06 Å². The van der Waals surface area contributed by atoms with Crippen LogP contribution < -0.4 is 0 Å². The zero-order valence-corrected chi connectivity index (χ0v) is 16.9. The van der Waals surface area contributed by atoms with Crippen molar-refractivity contribution in [2.45, 2.75) is 32.4 Å². The van der Waals surface area contributed by atoms with Crippen molar-refractivity contribution in [3.63, 3.8) is 0 Å². The highest BCUT2D eigenvalue weighted by atomic mass is 16.7. The van der Waals surface area contributed by atoms with Gasteiger partial charge in [-0.25, -0.2) is 14.7 Å². The fourth-order valence-electron chi connectivity index (χ4n) is 2.60. The molecule has 9 heteroatoms. The maximum atomic E-state index is 12.7. The molecule has 1 aliphatic rings. The van der Waals surface area contributed by atoms with E-state index in [-0.39, 0.29) is 19.6 Å². The molecule has 1 fully saturated rings. The molecule has 1 aromatic rings. The lowest BCUT2D eigenvalue weighted by molar-refractivity contribution is -0.201. The molecule has 0 saturated carbocycles. The van der Waals surface area contributed by atoms with Gasteiger partial charge in [-0.3, -0.25) is 9.63 Å². The molecule has 0 radical (unpaired) electrons. The summed E-state index contributed by atoms with van der Waals surface area (Å²) in [6.07, 6.45) is -0.528. The van der Waals surface area contributed by atoms with E-state index in [1.54, 1.807) is 51.1 Å². The van der Waals surface area contributed by atoms with Gasteiger partial charge in [0.2, 0.25) is 0 Å². The summed E-state index contributed by atoms with van der Waals surface area (Å²) in [4.78, 5) is 49.3. The third-order valence-electron chi connectivity index (χ3n) is 4.06. The Morgan fingerprint density at radius 1 is 1.11 bits per heavy atom. The topological polar surface area (TPSA) is 88.6 Å². The first-order valence-corrected chi connectivity index (χ1v) is 8.96. The molecule has 9 nitrogen and oxygen atoms in total. The van der Waals surface area contributed by atoms with Crippen molar-refractivity contribution in [1.82, 2.24) is 15.0 Å². The number of ether oxygens (including phenoxy) is 1. The van der Waals surface area contributed by atoms with Crippen LogP contribution in [0.25, 0.3) is 0 Å². The third kappa shape index (κ3) is 5.67. The highest BCUT2D eigenvalue weighted by Gasteiger charge is 2.39. The van der Waals surface area contributed by atoms with E-state index in [0.717, 1.165) is 5.06 Å². The molecule has 1 atom stereocenters. The van der Waals surface area contributed by atoms with Crippen LogP contribution in [-0.4, -0.2) is 78.4 Å². The van der Waals surface area contributed by atoms with Gasteiger partial charge >= 0.3 is 12.1 Å². The minimum absolute atomic E-state index is 0.00349. The van der Waals surface area contributed by atoms with E-state index in [2.05, 4.69) is 0 Å². The van der Waals surface area contributed by atoms with Crippen LogP contribution in [0.15, 0.2) is 30.3 Å². The monoisotopic (exact) mass is 393 g/mol. The van der Waals surface area contributed by atoms with Gasteiger partial charge in [0.15, 0.2) is 0 Å². The van der Waals surface area contributed by atoms with Crippen LogP contribution in [0.4, 0.5) is 4.79 Å². The number of amides is 2. The maximum Gasteiger partial charge on any atom is 0.410 e. The van der Waals surface area contributed by atoms with Crippen LogP contribution in [0, 0.1) is 0 Å². The number of hydrogen-bond acceptors (Lipinski definition) is 7. The van der Waals surface area contributed by atoms with Gasteiger partial charge in [-0.2, -0.15) is 0 Å². The molecule has 2 rings (SSSR count). The number of hydroxylamine groups is 4. The lowest BCUT2D eigenvalue weighted by Crippen LogP contribution is -2.60. The number of carbonyl (C=O) groups excluding carboxylic acids is 3. The summed E-state index contributed by atoms with van der Waals surface area (Å²) in [6.45, 7) is 5.71. The first kappa shape index (κ1) is 21.6. The lowest BCUT2D eigenvalue weighted by atomic mass is 10.2. The highest BCUT2D eigenvalue weighted by molar-refractivity contribution is 5.89. The fraction of sp³-hybridized carbons (Fsp3) is 0.526. The molecule has 1 aromatic carbocycles. The van der Waals surface area contributed by atoms with Crippen LogP contribution in [0.2, 0.25) is 0 Å². The van der Waals surface area contributed by atoms with Crippen molar-refractivity contribution in [3.05, 3.63) is 35.9 Å². The number of nitrogens with zero attached hydrogens (tertiary/aromatic N) is 3. The second-order valence-corrected chi connectivity index (χ2v) is 7.35. The minimum Gasteiger partial charge on any atom is -0.444 e. The molecular weight excluding hydrogens is 366 g/mol. The zero-order chi connectivity index (χ0) is 20.9. The predicted octanol–water partition coefficient (Wildman–Crippen LogP) is 1.70. The van der Waals surface area contributed by atoms with Crippen LogP contribution in [-0.2, 0) is 19.2 Å². The first-order chi connectivity index (χ1) is 13.1. The molecule has 1 unspecified atom stereocenters. The summed E-state index contributed by atoms with van der Waals surface area (Å²) in [7, 11) is 2.80. The largest absolute Gasteiger partial charge is 0.444 e. The van der Waals surface area contributed by atoms with Gasteiger partial charge in [0, 0.05) is 13.6 Å². The van der Waals surface area contributed by atoms with E-state index < -0.39 is 29.6 Å². The average molecular weight is 393 g/mol. The van der Waals surface area contributed by atoms with Crippen molar-refractivity contribution in [2.24, 2.45) is 0 Å². The van der Waals surface area contributed by atoms with E-state index in [1.807, 2.05) is 0 Å². The number of hydrogen-bond donors (Lipinski definition) is 0. The van der Waals surface area contributed by atoms with Crippen LogP contribution in [0.1, 0.15) is 31.1 Å². The molecular formula is C19H27N3O6. The van der Waals surface area contributed by atoms with E-state index in [1.165, 1.54) is 24.1 Å². The zero-order valence-electron chi connectivity index (χ0n) is 16.9. The first-order valence-electron chi connectivity index (χ1n) is 8.96. The van der Waals surface area contributed by atoms with Crippen molar-refractivity contribution in [2.75, 3.05) is 33.8 Å². The molecule has 28 heavy (non-hydrogen) atoms. The Morgan fingerprint density at radius 2 is 1.75 bits per heavy atom. The number of carbonyl (C=O) groups is 3. The summed E-state index contributed by atoms with van der Waals surface area (Å²) in [5, 5.41) is 2.32. The third-order valence-corrected chi connectivity index (χ3v) is 4.06. The molecule has 0 spiro atoms. The SMILES string of the molecule is CON(C)C(=O)C1CN(C(=O)OC(C)(C)C)CCN1OC(=O)c1ccccc1. The number of rotatable bonds is 4. The normalized spacial score (nSPS) is 17.8. The Bertz CT molecular complexity index is 703. The molecule has 1 saturated heterocycles. The predicted molar refractivity (Wildman–Crippen MR) is 99.9 cm³/mol. The summed E-state index contributed by atoms with van der Waals surface area (Å²) in [5.74, 6) is -1.03. The minimum atomic E-state index is -0.918. The summed E-state index contributed by atoms with van der Waals surface area (Å²) in [5.41, 5.74) is -0.292. The van der Waals surface area contributed by atoms with E-state index in [4.69, 9.17) is 14.4 Å². The van der Waals surface area contributed by atoms with Gasteiger partial charge in [0.1, 0.15) is 11.6 Å². The molecule has 0 aromatic heterocycles. The summed E-state index contributed by atoms with van der Waals surface area (Å²) >= 11 is 0. The average Bonchev–Trinajstić information content (AvgIpc) is 2.66. The van der Waals surface area contributed by atoms with Gasteiger partial charge in [-0.1, -0.05) is 18.2 Å². The Kier molecular flexibility index (Phi) is 6.98. The van der Waals surface area contributed by atoms with E-state index in [0.29, 0.717) is 5.56 Å². The number of piperazine rings is 1. The van der Waals surface area contributed by atoms with E-state index >= 15 is 0 Å². The van der Waals surface area contributed by atoms with Crippen LogP contribution in [0.5, 0.6) is 0 Å². The molecule has 154 valence electrons. The highest BCUT2D eigenvalue weighted by Crippen LogP contribution is 2.18. The number of benzene rings is 1. The summed E-state index contributed by atoms with van der Waals surface area (Å²) < 4.78 is 5.38. The molecule has 1 aliphatic heterocycles. The smallest absolute Gasteiger partial charge is 0.410 e. The van der Waals surface area contributed by atoms with Crippen LogP contribution in [0.3, 0.4) is 0 Å². The second kappa shape index (κ2) is 9.03. The Balaban J connectivity index is 2.15. The maximum absolute atomic E-state index is 12.7. The van der Waals surface area contributed by atoms with Gasteiger partial charge in [-0.05, 0) is 32.9 Å². The van der Waals surface area contributed by atoms with Gasteiger partial charge < -0.3 is 14.5 Å². The molecule has 1 heterocycles. The number of likely N-dealkylation sites (N-methyl/N-ethyl adjacent to an activating group) is 1. The molecule has 0 aliphatic carbocycles. The second-order valence-electron chi connectivity index (χ2n) is 7.35. The van der Waals surface area contributed by atoms with Crippen molar-refractivity contribution < 1.29 is 28.8 Å². The summed E-state index contributed by atoms with van der Waals surface area (Å²) in [6, 6.07) is 7.56. The molecule has 0 bridgehead atoms. The molecule has 2 amide bonds. The standard InChI is InChI=1S/C19H27N3O6/c1-19(2,3)27-18(25)21-11-12-22(15(13-21)16(23)20(4)26-5)28-17(24)14-9-7-6-8-10-14/h6-10,15H,11-13H2,1-5H3. The van der Waals surface area contributed by atoms with Crippen molar-refractivity contribution in [3.8, 4) is 0 Å². The quantitative estimate of drug-likeness (QED) is 0.720. The van der Waals surface area contributed by atoms with Gasteiger partial charge in [0.05, 0.1) is 25.8 Å². The fourth-order valence-corrected chi connectivity index (χ4v) is 2.60. The van der Waals surface area contributed by atoms with Gasteiger partial charge in [0.25, 0.3) is 5.91 Å². The Hall–Kier alpha value is -2.65. The Labute approximate surface area is 164 Å². The molecule has 0 N–H and O–H groups in total. The van der Waals surface area contributed by atoms with Crippen molar-refractivity contribution in [1.29, 1.82) is 0 Å². The van der Waals surface area contributed by atoms with E-state index in [9.17, 15) is 14.4 Å².